The first-order valence-corrected chi connectivity index (χ1v) is 12.7. The first-order chi connectivity index (χ1) is 16.4. The van der Waals surface area contributed by atoms with Gasteiger partial charge in [-0.15, -0.1) is 0 Å². The molecular weight excluding hydrogens is 416 g/mol. The Hall–Kier alpha value is -2.91. The summed E-state index contributed by atoms with van der Waals surface area (Å²) in [6.45, 7) is 7.33. The monoisotopic (exact) mass is 454 g/mol. The average molecular weight is 455 g/mol. The molecule has 4 rings (SSSR count). The van der Waals surface area contributed by atoms with Gasteiger partial charge in [-0.3, -0.25) is 4.79 Å². The number of amides is 1. The largest absolute Gasteiger partial charge is 0.349 e. The lowest BCUT2D eigenvalue weighted by Crippen LogP contribution is -2.37. The van der Waals surface area contributed by atoms with Gasteiger partial charge in [-0.25, -0.2) is 0 Å². The third-order valence-corrected chi connectivity index (χ3v) is 7.40. The highest BCUT2D eigenvalue weighted by Gasteiger charge is 2.32. The molecule has 34 heavy (non-hydrogen) atoms. The Kier molecular flexibility index (Phi) is 7.84. The number of nitrogens with one attached hydrogen (secondary N) is 2. The van der Waals surface area contributed by atoms with Crippen molar-refractivity contribution in [2.75, 3.05) is 0 Å². The molecule has 1 aliphatic rings. The molecule has 3 aromatic rings. The van der Waals surface area contributed by atoms with E-state index in [1.807, 2.05) is 18.2 Å². The Morgan fingerprint density at radius 2 is 1.50 bits per heavy atom. The molecule has 0 radical (unpaired) electrons. The van der Waals surface area contributed by atoms with Crippen LogP contribution in [0.4, 0.5) is 0 Å². The summed E-state index contributed by atoms with van der Waals surface area (Å²) in [5.41, 5.74) is 4.90. The van der Waals surface area contributed by atoms with Crippen LogP contribution in [0.1, 0.15) is 80.7 Å². The lowest BCUT2D eigenvalue weighted by molar-refractivity contribution is -0.127. The van der Waals surface area contributed by atoms with E-state index in [0.29, 0.717) is 5.92 Å². The quantitative estimate of drug-likeness (QED) is 0.390. The predicted molar refractivity (Wildman–Crippen MR) is 140 cm³/mol. The van der Waals surface area contributed by atoms with E-state index in [9.17, 15) is 4.79 Å². The highest BCUT2D eigenvalue weighted by molar-refractivity contribution is 5.80. The predicted octanol–water partition coefficient (Wildman–Crippen LogP) is 6.86. The molecule has 178 valence electrons. The van der Waals surface area contributed by atoms with E-state index in [1.54, 1.807) is 0 Å². The van der Waals surface area contributed by atoms with Crippen LogP contribution in [0.25, 0.3) is 0 Å². The molecule has 0 bridgehead atoms. The normalized spacial score (nSPS) is 19.4. The van der Waals surface area contributed by atoms with Crippen molar-refractivity contribution in [2.45, 2.75) is 70.5 Å². The van der Waals surface area contributed by atoms with Crippen molar-refractivity contribution >= 4 is 5.91 Å². The number of carbonyl (C=O) groups is 1. The van der Waals surface area contributed by atoms with Gasteiger partial charge >= 0.3 is 0 Å². The third-order valence-electron chi connectivity index (χ3n) is 7.40. The summed E-state index contributed by atoms with van der Waals surface area (Å²) < 4.78 is 0. The van der Waals surface area contributed by atoms with Gasteiger partial charge in [-0.2, -0.15) is 0 Å². The molecule has 0 saturated heterocycles. The van der Waals surface area contributed by atoms with Crippen LogP contribution < -0.4 is 10.6 Å². The topological polar surface area (TPSA) is 41.1 Å². The van der Waals surface area contributed by atoms with Crippen molar-refractivity contribution in [1.82, 2.24) is 10.6 Å². The zero-order valence-electron chi connectivity index (χ0n) is 20.8. The first-order valence-electron chi connectivity index (χ1n) is 12.7. The molecule has 0 unspecified atom stereocenters. The first kappa shape index (κ1) is 24.2. The third kappa shape index (κ3) is 5.95. The summed E-state index contributed by atoms with van der Waals surface area (Å²) in [6, 6.07) is 29.7. The highest BCUT2D eigenvalue weighted by atomic mass is 16.1. The maximum atomic E-state index is 13.3. The fourth-order valence-corrected chi connectivity index (χ4v) is 5.15. The van der Waals surface area contributed by atoms with Gasteiger partial charge in [0.25, 0.3) is 0 Å². The van der Waals surface area contributed by atoms with Gasteiger partial charge in [0.05, 0.1) is 6.04 Å². The van der Waals surface area contributed by atoms with Crippen LogP contribution in [0.2, 0.25) is 0 Å². The molecule has 2 N–H and O–H groups in total. The zero-order chi connectivity index (χ0) is 24.0. The SMILES string of the molecule is C[C@H](NC(=O)[C@H]1CCCC[C@@H]1c1ccc(CNC(C)(C)c2ccccc2)cc1)c1ccccc1. The Morgan fingerprint density at radius 3 is 2.18 bits per heavy atom. The van der Waals surface area contributed by atoms with Gasteiger partial charge in [0.1, 0.15) is 0 Å². The molecule has 1 amide bonds. The Balaban J connectivity index is 1.39. The highest BCUT2D eigenvalue weighted by Crippen LogP contribution is 2.38. The molecule has 0 spiro atoms. The second-order valence-corrected chi connectivity index (χ2v) is 10.2. The van der Waals surface area contributed by atoms with Gasteiger partial charge in [-0.1, -0.05) is 97.8 Å². The maximum absolute atomic E-state index is 13.3. The summed E-state index contributed by atoms with van der Waals surface area (Å²) in [7, 11) is 0. The maximum Gasteiger partial charge on any atom is 0.224 e. The van der Waals surface area contributed by atoms with E-state index < -0.39 is 0 Å². The fourth-order valence-electron chi connectivity index (χ4n) is 5.15. The van der Waals surface area contributed by atoms with Crippen LogP contribution in [0.3, 0.4) is 0 Å². The summed E-state index contributed by atoms with van der Waals surface area (Å²) in [5, 5.41) is 6.97. The van der Waals surface area contributed by atoms with Gasteiger partial charge in [0.15, 0.2) is 0 Å². The number of rotatable bonds is 8. The van der Waals surface area contributed by atoms with E-state index >= 15 is 0 Å². The molecule has 0 heterocycles. The standard InChI is InChI=1S/C31H38N2O/c1-23(25-12-6-4-7-13-25)33-30(34)29-17-11-10-16-28(29)26-20-18-24(19-21-26)22-32-31(2,3)27-14-8-5-9-15-27/h4-9,12-15,18-21,23,28-29,32H,10-11,16-17,22H2,1-3H3,(H,33,34)/t23-,28+,29-/m0/s1. The van der Waals surface area contributed by atoms with Crippen molar-refractivity contribution in [3.63, 3.8) is 0 Å². The molecule has 3 heteroatoms. The van der Waals surface area contributed by atoms with Gasteiger partial charge in [0, 0.05) is 18.0 Å². The van der Waals surface area contributed by atoms with Crippen LogP contribution in [-0.4, -0.2) is 5.91 Å². The van der Waals surface area contributed by atoms with E-state index in [4.69, 9.17) is 0 Å². The van der Waals surface area contributed by atoms with Crippen LogP contribution in [-0.2, 0) is 16.9 Å². The van der Waals surface area contributed by atoms with E-state index in [1.165, 1.54) is 23.1 Å². The summed E-state index contributed by atoms with van der Waals surface area (Å²) in [5.74, 6) is 0.525. The van der Waals surface area contributed by atoms with Crippen LogP contribution >= 0.6 is 0 Å². The van der Waals surface area contributed by atoms with Gasteiger partial charge in [0.2, 0.25) is 5.91 Å². The molecule has 1 fully saturated rings. The number of carbonyl (C=O) groups excluding carboxylic acids is 1. The molecule has 0 aliphatic heterocycles. The second-order valence-electron chi connectivity index (χ2n) is 10.2. The molecular formula is C31H38N2O. The summed E-state index contributed by atoms with van der Waals surface area (Å²) in [4.78, 5) is 13.3. The van der Waals surface area contributed by atoms with Crippen molar-refractivity contribution in [1.29, 1.82) is 0 Å². The van der Waals surface area contributed by atoms with Crippen LogP contribution in [0.15, 0.2) is 84.9 Å². The van der Waals surface area contributed by atoms with Crippen molar-refractivity contribution in [3.05, 3.63) is 107 Å². The lowest BCUT2D eigenvalue weighted by atomic mass is 9.74. The minimum Gasteiger partial charge on any atom is -0.349 e. The minimum atomic E-state index is -0.0953. The molecule has 3 atom stereocenters. The van der Waals surface area contributed by atoms with Crippen LogP contribution in [0.5, 0.6) is 0 Å². The summed E-state index contributed by atoms with van der Waals surface area (Å²) >= 11 is 0. The van der Waals surface area contributed by atoms with Crippen LogP contribution in [0, 0.1) is 5.92 Å². The Bertz CT molecular complexity index is 1040. The van der Waals surface area contributed by atoms with E-state index in [2.05, 4.69) is 98.1 Å². The van der Waals surface area contributed by atoms with Crippen molar-refractivity contribution in [2.24, 2.45) is 5.92 Å². The lowest BCUT2D eigenvalue weighted by Gasteiger charge is -2.32. The van der Waals surface area contributed by atoms with Gasteiger partial charge in [-0.05, 0) is 61.8 Å². The van der Waals surface area contributed by atoms with E-state index in [0.717, 1.165) is 31.4 Å². The molecule has 1 aliphatic carbocycles. The minimum absolute atomic E-state index is 0.0256. The van der Waals surface area contributed by atoms with E-state index in [-0.39, 0.29) is 23.4 Å². The summed E-state index contributed by atoms with van der Waals surface area (Å²) in [6.07, 6.45) is 4.37. The Labute approximate surface area is 205 Å². The zero-order valence-corrected chi connectivity index (χ0v) is 20.8. The average Bonchev–Trinajstić information content (AvgIpc) is 2.89. The number of hydrogen-bond acceptors (Lipinski definition) is 2. The van der Waals surface area contributed by atoms with Gasteiger partial charge < -0.3 is 10.6 Å². The number of benzene rings is 3. The Morgan fingerprint density at radius 1 is 0.882 bits per heavy atom. The number of hydrogen-bond donors (Lipinski definition) is 2. The second kappa shape index (κ2) is 11.0. The molecule has 3 nitrogen and oxygen atoms in total. The molecule has 3 aromatic carbocycles. The fraction of sp³-hybridized carbons (Fsp3) is 0.387. The smallest absolute Gasteiger partial charge is 0.224 e. The van der Waals surface area contributed by atoms with Crippen molar-refractivity contribution in [3.8, 4) is 0 Å². The molecule has 1 saturated carbocycles. The van der Waals surface area contributed by atoms with Crippen molar-refractivity contribution < 1.29 is 4.79 Å². The molecule has 0 aromatic heterocycles.